The number of hydrogen-bond acceptors (Lipinski definition) is 1. The van der Waals surface area contributed by atoms with Gasteiger partial charge in [-0.25, -0.2) is 0 Å². The Labute approximate surface area is 51.9 Å². The fourth-order valence-electron chi connectivity index (χ4n) is 0.288. The van der Waals surface area contributed by atoms with Crippen LogP contribution in [0.15, 0.2) is 0 Å². The molecule has 1 N–H and O–H groups in total. The molecular formula is C3H8I2N-. The number of hydrogen-bond donors (Lipinski definition) is 1. The van der Waals surface area contributed by atoms with Crippen molar-refractivity contribution >= 4 is 15.8 Å². The van der Waals surface area contributed by atoms with Crippen LogP contribution in [0.1, 0.15) is 0 Å². The average Bonchev–Trinajstić information content (AvgIpc) is 2.19. The monoisotopic (exact) mass is 312 g/mol. The van der Waals surface area contributed by atoms with Crippen LogP contribution in [0.2, 0.25) is 0 Å². The first-order chi connectivity index (χ1) is 2.84. The fourth-order valence-corrected chi connectivity index (χ4v) is 16.8. The van der Waals surface area contributed by atoms with Crippen LogP contribution >= 0.6 is 15.8 Å². The van der Waals surface area contributed by atoms with Crippen LogP contribution in [0.25, 0.3) is 0 Å². The van der Waals surface area contributed by atoms with Gasteiger partial charge < -0.3 is 0 Å². The van der Waals surface area contributed by atoms with Gasteiger partial charge in [0, 0.05) is 0 Å². The molecule has 0 aliphatic carbocycles. The molecule has 0 saturated carbocycles. The Hall–Kier alpha value is 1.42. The fraction of sp³-hybridized carbons (Fsp3) is 1.00. The van der Waals surface area contributed by atoms with Crippen molar-refractivity contribution in [3.05, 3.63) is 0 Å². The summed E-state index contributed by atoms with van der Waals surface area (Å²) in [6.45, 7) is 0. The van der Waals surface area contributed by atoms with E-state index in [1.807, 2.05) is 0 Å². The van der Waals surface area contributed by atoms with Crippen molar-refractivity contribution < 1.29 is 17.2 Å². The molecule has 0 bridgehead atoms. The molecule has 1 rings (SSSR count). The zero-order valence-corrected chi connectivity index (χ0v) is 8.15. The van der Waals surface area contributed by atoms with Crippen LogP contribution in [-0.2, 0) is 0 Å². The van der Waals surface area contributed by atoms with Crippen molar-refractivity contribution in [3.63, 3.8) is 0 Å². The summed E-state index contributed by atoms with van der Waals surface area (Å²) >= 11 is 0.615. The summed E-state index contributed by atoms with van der Waals surface area (Å²) in [7, 11) is 2.09. The van der Waals surface area contributed by atoms with E-state index >= 15 is 0 Å². The molecule has 3 heteroatoms. The van der Waals surface area contributed by atoms with Crippen molar-refractivity contribution in [3.8, 4) is 0 Å². The first kappa shape index (κ1) is 5.55. The van der Waals surface area contributed by atoms with E-state index in [9.17, 15) is 0 Å². The minimum absolute atomic E-state index is 0.142. The zero-order chi connectivity index (χ0) is 4.57. The van der Waals surface area contributed by atoms with Crippen LogP contribution in [-0.4, -0.2) is 14.0 Å². The molecule has 40 valence electrons. The van der Waals surface area contributed by atoms with E-state index in [-0.39, 0.29) is 15.8 Å². The molecule has 1 nitrogen and oxygen atoms in total. The first-order valence-electron chi connectivity index (χ1n) is 1.75. The van der Waals surface area contributed by atoms with Gasteiger partial charge in [0.15, 0.2) is 0 Å². The third-order valence-corrected chi connectivity index (χ3v) is 17.0. The summed E-state index contributed by atoms with van der Waals surface area (Å²) in [5.74, 6) is 0. The Morgan fingerprint density at radius 3 is 2.33 bits per heavy atom. The van der Waals surface area contributed by atoms with E-state index in [1.54, 1.807) is 0 Å². The van der Waals surface area contributed by atoms with E-state index < -0.39 is 0 Å². The van der Waals surface area contributed by atoms with Crippen LogP contribution in [0.3, 0.4) is 0 Å². The first-order valence-corrected chi connectivity index (χ1v) is 12.7. The Bertz CT molecular complexity index is 54.8. The molecular weight excluding hydrogens is 304 g/mol. The van der Waals surface area contributed by atoms with E-state index in [0.717, 1.165) is 19.3 Å². The standard InChI is InChI=1S/C3H8I2N/c1-5-3(4-5)6-2/h3,6H,1-2H3/q-1. The predicted molar refractivity (Wildman–Crippen MR) is 32.8 cm³/mol. The number of halogens is 2. The van der Waals surface area contributed by atoms with E-state index in [1.165, 1.54) is 0 Å². The van der Waals surface area contributed by atoms with Gasteiger partial charge in [-0.3, -0.25) is 0 Å². The Balaban J connectivity index is 2.09. The topological polar surface area (TPSA) is 12.0 Å². The molecule has 0 spiro atoms. The molecule has 1 saturated heterocycles. The van der Waals surface area contributed by atoms with E-state index in [0.29, 0.717) is 0 Å². The van der Waals surface area contributed by atoms with Gasteiger partial charge in [-0.2, -0.15) is 0 Å². The molecule has 1 heterocycles. The van der Waals surface area contributed by atoms with Crippen molar-refractivity contribution in [2.45, 2.75) is 2.06 Å². The van der Waals surface area contributed by atoms with Crippen LogP contribution < -0.4 is 22.5 Å². The van der Waals surface area contributed by atoms with Gasteiger partial charge in [0.2, 0.25) is 0 Å². The molecule has 0 radical (unpaired) electrons. The third kappa shape index (κ3) is 1.19. The van der Waals surface area contributed by atoms with Crippen LogP contribution in [0.5, 0.6) is 0 Å². The number of alkyl halides is 3. The molecule has 1 unspecified atom stereocenters. The molecule has 6 heavy (non-hydrogen) atoms. The minimum atomic E-state index is -0.142. The molecule has 1 atom stereocenters. The van der Waals surface area contributed by atoms with Crippen LogP contribution in [0.4, 0.5) is 0 Å². The molecule has 1 aliphatic rings. The van der Waals surface area contributed by atoms with Gasteiger partial charge in [-0.15, -0.1) is 0 Å². The van der Waals surface area contributed by atoms with Crippen molar-refractivity contribution in [2.75, 3.05) is 12.0 Å². The Morgan fingerprint density at radius 1 is 1.83 bits per heavy atom. The Kier molecular flexibility index (Phi) is 1.97. The average molecular weight is 312 g/mol. The van der Waals surface area contributed by atoms with Gasteiger partial charge in [0.05, 0.1) is 0 Å². The molecule has 1 fully saturated rings. The van der Waals surface area contributed by atoms with E-state index in [4.69, 9.17) is 0 Å². The van der Waals surface area contributed by atoms with E-state index in [2.05, 4.69) is 17.3 Å². The summed E-state index contributed by atoms with van der Waals surface area (Å²) < 4.78 is 1.12. The Morgan fingerprint density at radius 2 is 2.33 bits per heavy atom. The molecule has 1 aliphatic heterocycles. The van der Waals surface area contributed by atoms with Crippen molar-refractivity contribution in [1.29, 1.82) is 0 Å². The van der Waals surface area contributed by atoms with Gasteiger partial charge in [0.25, 0.3) is 0 Å². The maximum atomic E-state index is 3.31. The zero-order valence-electron chi connectivity index (χ0n) is 3.83. The second-order valence-corrected chi connectivity index (χ2v) is 20.8. The SMILES string of the molecule is CNC1[I-]I1C. The van der Waals surface area contributed by atoms with Gasteiger partial charge in [0.1, 0.15) is 0 Å². The second kappa shape index (κ2) is 2.13. The molecule has 0 amide bonds. The van der Waals surface area contributed by atoms with Crippen molar-refractivity contribution in [1.82, 2.24) is 5.32 Å². The molecule has 0 aromatic heterocycles. The quantitative estimate of drug-likeness (QED) is 0.325. The summed E-state index contributed by atoms with van der Waals surface area (Å²) in [6.07, 6.45) is 0. The molecule has 0 aromatic rings. The number of rotatable bonds is 1. The second-order valence-electron chi connectivity index (χ2n) is 1.12. The summed E-state index contributed by atoms with van der Waals surface area (Å²) in [5.41, 5.74) is 0. The maximum absolute atomic E-state index is 3.31. The third-order valence-electron chi connectivity index (χ3n) is 0.657. The predicted octanol–water partition coefficient (Wildman–Crippen LogP) is -2.36. The van der Waals surface area contributed by atoms with Crippen LogP contribution in [0, 0.1) is 0 Å². The van der Waals surface area contributed by atoms with Crippen molar-refractivity contribution in [2.24, 2.45) is 0 Å². The normalized spacial score (nSPS) is 38.3. The summed E-state index contributed by atoms with van der Waals surface area (Å²) in [4.78, 5) is 2.47. The van der Waals surface area contributed by atoms with Gasteiger partial charge in [-0.05, 0) is 0 Å². The summed E-state index contributed by atoms with van der Waals surface area (Å²) in [5, 5.41) is 3.31. The van der Waals surface area contributed by atoms with Gasteiger partial charge >= 0.3 is 52.4 Å². The number of nitrogens with one attached hydrogen (secondary N) is 1. The molecule has 0 aromatic carbocycles. The summed E-state index contributed by atoms with van der Waals surface area (Å²) in [6, 6.07) is 0. The van der Waals surface area contributed by atoms with Gasteiger partial charge in [-0.1, -0.05) is 0 Å².